The average Bonchev–Trinajstić information content (AvgIpc) is 3.77. The number of furan rings is 1. The molecule has 4 heteroatoms. The molecule has 1 aromatic heterocycles. The van der Waals surface area contributed by atoms with Crippen LogP contribution in [0.15, 0.2) is 247 Å². The first-order chi connectivity index (χ1) is 32.7. The van der Waals surface area contributed by atoms with E-state index in [0.29, 0.717) is 0 Å². The molecule has 0 amide bonds. The lowest BCUT2D eigenvalue weighted by molar-refractivity contribution is 0.487. The Morgan fingerprint density at radius 1 is 0.303 bits per heavy atom. The second-order valence-corrected chi connectivity index (χ2v) is 16.8. The fourth-order valence-corrected chi connectivity index (χ4v) is 10.1. The molecule has 0 atom stereocenters. The number of rotatable bonds is 8. The summed E-state index contributed by atoms with van der Waals surface area (Å²) in [6.45, 7) is 0. The molecule has 1 aliphatic heterocycles. The zero-order chi connectivity index (χ0) is 43.6. The first-order valence-electron chi connectivity index (χ1n) is 22.4. The van der Waals surface area contributed by atoms with Crippen molar-refractivity contribution in [3.63, 3.8) is 0 Å². The Bertz CT molecular complexity index is 3800. The van der Waals surface area contributed by atoms with Crippen molar-refractivity contribution in [3.05, 3.63) is 243 Å². The molecule has 0 fully saturated rings. The smallest absolute Gasteiger partial charge is 0.159 e. The quantitative estimate of drug-likeness (QED) is 0.143. The minimum Gasteiger partial charge on any atom is -0.456 e. The highest BCUT2D eigenvalue weighted by Gasteiger charge is 2.27. The summed E-state index contributed by atoms with van der Waals surface area (Å²) in [4.78, 5) is 4.70. The summed E-state index contributed by atoms with van der Waals surface area (Å²) in [7, 11) is 0. The van der Waals surface area contributed by atoms with Gasteiger partial charge in [0.05, 0.1) is 17.1 Å². The first kappa shape index (κ1) is 37.7. The normalized spacial score (nSPS) is 11.8. The Balaban J connectivity index is 0.980. The number of para-hydroxylation sites is 5. The molecular formula is C62H40N2O2. The summed E-state index contributed by atoms with van der Waals surface area (Å²) in [5.74, 6) is 1.66. The molecule has 11 aromatic carbocycles. The van der Waals surface area contributed by atoms with E-state index in [2.05, 4.69) is 240 Å². The third-order valence-electron chi connectivity index (χ3n) is 13.0. The second-order valence-electron chi connectivity index (χ2n) is 16.8. The molecule has 0 radical (unpaired) electrons. The first-order valence-corrected chi connectivity index (χ1v) is 22.4. The molecule has 310 valence electrons. The van der Waals surface area contributed by atoms with Crippen molar-refractivity contribution in [3.8, 4) is 44.9 Å². The van der Waals surface area contributed by atoms with E-state index >= 15 is 0 Å². The summed E-state index contributed by atoms with van der Waals surface area (Å²) < 4.78 is 13.7. The largest absolute Gasteiger partial charge is 0.456 e. The highest BCUT2D eigenvalue weighted by Crippen LogP contribution is 2.52. The highest BCUT2D eigenvalue weighted by atomic mass is 16.5. The van der Waals surface area contributed by atoms with E-state index < -0.39 is 0 Å². The minimum absolute atomic E-state index is 0.823. The Morgan fingerprint density at radius 3 is 1.64 bits per heavy atom. The maximum atomic E-state index is 6.98. The van der Waals surface area contributed by atoms with Crippen LogP contribution in [0.1, 0.15) is 0 Å². The third-order valence-corrected chi connectivity index (χ3v) is 13.0. The van der Waals surface area contributed by atoms with Gasteiger partial charge >= 0.3 is 0 Å². The highest BCUT2D eigenvalue weighted by molar-refractivity contribution is 6.19. The number of fused-ring (bicyclic) bond motifs is 7. The lowest BCUT2D eigenvalue weighted by Gasteiger charge is -2.30. The molecule has 2 heterocycles. The summed E-state index contributed by atoms with van der Waals surface area (Å²) >= 11 is 0. The van der Waals surface area contributed by atoms with E-state index in [1.807, 2.05) is 12.1 Å². The molecule has 66 heavy (non-hydrogen) atoms. The third kappa shape index (κ3) is 6.15. The summed E-state index contributed by atoms with van der Waals surface area (Å²) in [5.41, 5.74) is 14.7. The van der Waals surface area contributed by atoms with Gasteiger partial charge in [-0.25, -0.2) is 0 Å². The Morgan fingerprint density at radius 2 is 0.879 bits per heavy atom. The molecule has 4 nitrogen and oxygen atoms in total. The van der Waals surface area contributed by atoms with E-state index in [0.717, 1.165) is 122 Å². The molecule has 0 unspecified atom stereocenters. The molecule has 0 bridgehead atoms. The second kappa shape index (κ2) is 15.4. The van der Waals surface area contributed by atoms with Crippen molar-refractivity contribution in [2.24, 2.45) is 0 Å². The van der Waals surface area contributed by atoms with Gasteiger partial charge in [0, 0.05) is 56.0 Å². The van der Waals surface area contributed by atoms with Gasteiger partial charge in [0.1, 0.15) is 17.1 Å². The number of ether oxygens (including phenoxy) is 1. The topological polar surface area (TPSA) is 28.9 Å². The van der Waals surface area contributed by atoms with Crippen molar-refractivity contribution in [2.45, 2.75) is 0 Å². The van der Waals surface area contributed by atoms with Crippen LogP contribution >= 0.6 is 0 Å². The molecule has 0 saturated carbocycles. The van der Waals surface area contributed by atoms with E-state index in [1.54, 1.807) is 0 Å². The van der Waals surface area contributed by atoms with Gasteiger partial charge in [-0.1, -0.05) is 164 Å². The van der Waals surface area contributed by atoms with Crippen LogP contribution in [0.25, 0.3) is 76.9 Å². The van der Waals surface area contributed by atoms with Crippen molar-refractivity contribution < 1.29 is 9.15 Å². The lowest BCUT2D eigenvalue weighted by Crippen LogP contribution is -2.12. The lowest BCUT2D eigenvalue weighted by atomic mass is 9.90. The van der Waals surface area contributed by atoms with E-state index in [9.17, 15) is 0 Å². The van der Waals surface area contributed by atoms with Crippen molar-refractivity contribution in [1.82, 2.24) is 0 Å². The number of hydrogen-bond donors (Lipinski definition) is 0. The molecule has 12 aromatic rings. The standard InChI is InChI=1S/C62H40N2O2/c1-4-18-41(19-5-1)47-24-10-13-29-55(47)63(44-22-8-3-9-23-44)46-36-37-50-54-38-43-34-35-45(39-53(43)51-27-17-33-59(61(51)54)65-60(50)40-46)64(56-30-14-11-25-48(56)42-20-6-2-7-21-42)57-31-16-28-52-49-26-12-15-32-58(49)66-62(52)57/h1-40H. The van der Waals surface area contributed by atoms with Crippen LogP contribution in [-0.2, 0) is 0 Å². The Hall–Kier alpha value is -8.86. The SMILES string of the molecule is c1ccc(-c2ccccc2N(c2ccccc2)c2ccc3c(c2)Oc2cccc4c2c-3cc2ccc(N(c3ccccc3-c3ccccc3)c3cccc5c3oc3ccccc35)cc24)cc1. The predicted octanol–water partition coefficient (Wildman–Crippen LogP) is 17.9. The number of anilines is 6. The Kier molecular flexibility index (Phi) is 8.81. The molecule has 0 aliphatic carbocycles. The number of benzene rings is 11. The van der Waals surface area contributed by atoms with Crippen molar-refractivity contribution in [1.29, 1.82) is 0 Å². The molecule has 13 rings (SSSR count). The number of hydrogen-bond acceptors (Lipinski definition) is 4. The molecule has 0 saturated heterocycles. The van der Waals surface area contributed by atoms with Gasteiger partial charge in [-0.2, -0.15) is 0 Å². The van der Waals surface area contributed by atoms with Crippen molar-refractivity contribution >= 4 is 77.6 Å². The van der Waals surface area contributed by atoms with Crippen LogP contribution in [0, 0.1) is 0 Å². The van der Waals surface area contributed by atoms with E-state index in [4.69, 9.17) is 9.15 Å². The summed E-state index contributed by atoms with van der Waals surface area (Å²) in [6.07, 6.45) is 0. The number of nitrogens with zero attached hydrogens (tertiary/aromatic N) is 2. The van der Waals surface area contributed by atoms with Crippen molar-refractivity contribution in [2.75, 3.05) is 9.80 Å². The molecule has 1 aliphatic rings. The maximum absolute atomic E-state index is 6.98. The molecular weight excluding hydrogens is 805 g/mol. The fraction of sp³-hybridized carbons (Fsp3) is 0. The van der Waals surface area contributed by atoms with Gasteiger partial charge < -0.3 is 19.0 Å². The van der Waals surface area contributed by atoms with Crippen LogP contribution in [0.4, 0.5) is 34.1 Å². The maximum Gasteiger partial charge on any atom is 0.159 e. The van der Waals surface area contributed by atoms with Crippen LogP contribution in [-0.4, -0.2) is 0 Å². The summed E-state index contributed by atoms with van der Waals surface area (Å²) in [6, 6.07) is 86.1. The Labute approximate surface area is 382 Å². The van der Waals surface area contributed by atoms with Crippen LogP contribution in [0.2, 0.25) is 0 Å². The van der Waals surface area contributed by atoms with Crippen LogP contribution in [0.5, 0.6) is 11.5 Å². The van der Waals surface area contributed by atoms with E-state index in [1.165, 1.54) is 0 Å². The fourth-order valence-electron chi connectivity index (χ4n) is 10.1. The van der Waals surface area contributed by atoms with Gasteiger partial charge in [-0.05, 0) is 106 Å². The van der Waals surface area contributed by atoms with Gasteiger partial charge in [-0.3, -0.25) is 0 Å². The van der Waals surface area contributed by atoms with Gasteiger partial charge in [-0.15, -0.1) is 0 Å². The monoisotopic (exact) mass is 844 g/mol. The van der Waals surface area contributed by atoms with E-state index in [-0.39, 0.29) is 0 Å². The molecule has 0 N–H and O–H groups in total. The van der Waals surface area contributed by atoms with Gasteiger partial charge in [0.25, 0.3) is 0 Å². The predicted molar refractivity (Wildman–Crippen MR) is 274 cm³/mol. The summed E-state index contributed by atoms with van der Waals surface area (Å²) in [5, 5.41) is 6.71. The molecule has 0 spiro atoms. The zero-order valence-electron chi connectivity index (χ0n) is 35.8. The van der Waals surface area contributed by atoms with Gasteiger partial charge in [0.2, 0.25) is 0 Å². The minimum atomic E-state index is 0.823. The average molecular weight is 845 g/mol. The van der Waals surface area contributed by atoms with Crippen LogP contribution < -0.4 is 14.5 Å². The van der Waals surface area contributed by atoms with Crippen LogP contribution in [0.3, 0.4) is 0 Å². The van der Waals surface area contributed by atoms with Gasteiger partial charge in [0.15, 0.2) is 5.58 Å². The zero-order valence-corrected chi connectivity index (χ0v) is 35.8.